The lowest BCUT2D eigenvalue weighted by atomic mass is 10.0. The van der Waals surface area contributed by atoms with Crippen LogP contribution in [0.1, 0.15) is 35.3 Å². The first-order valence-corrected chi connectivity index (χ1v) is 10.3. The molecule has 3 aromatic carbocycles. The van der Waals surface area contributed by atoms with Gasteiger partial charge in [0.1, 0.15) is 18.0 Å². The van der Waals surface area contributed by atoms with Gasteiger partial charge in [0.25, 0.3) is 0 Å². The second kappa shape index (κ2) is 10.9. The number of azo groups is 1. The third-order valence-electron chi connectivity index (χ3n) is 4.59. The second-order valence-electron chi connectivity index (χ2n) is 7.19. The summed E-state index contributed by atoms with van der Waals surface area (Å²) in [5, 5.41) is 18.9. The predicted molar refractivity (Wildman–Crippen MR) is 124 cm³/mol. The van der Waals surface area contributed by atoms with Crippen LogP contribution in [-0.2, 0) is 16.1 Å². The zero-order valence-electron chi connectivity index (χ0n) is 18.4. The van der Waals surface area contributed by atoms with Crippen molar-refractivity contribution in [2.75, 3.05) is 6.61 Å². The largest absolute Gasteiger partial charge is 0.507 e. The fraction of sp³-hybridized carbons (Fsp3) is 0.154. The van der Waals surface area contributed by atoms with Gasteiger partial charge in [-0.3, -0.25) is 4.79 Å². The number of nitrogens with zero attached hydrogens (tertiary/aromatic N) is 2. The zero-order valence-corrected chi connectivity index (χ0v) is 18.4. The van der Waals surface area contributed by atoms with Gasteiger partial charge in [-0.2, -0.15) is 5.11 Å². The maximum atomic E-state index is 12.8. The number of phenolic OH excluding ortho intramolecular Hbond substituents is 1. The molecule has 0 radical (unpaired) electrons. The highest BCUT2D eigenvalue weighted by Gasteiger charge is 2.18. The summed E-state index contributed by atoms with van der Waals surface area (Å²) in [4.78, 5) is 24.3. The lowest BCUT2D eigenvalue weighted by molar-refractivity contribution is -0.140. The van der Waals surface area contributed by atoms with Gasteiger partial charge >= 0.3 is 5.97 Å². The van der Waals surface area contributed by atoms with Crippen LogP contribution in [-0.4, -0.2) is 23.5 Å². The predicted octanol–water partition coefficient (Wildman–Crippen LogP) is 6.06. The maximum absolute atomic E-state index is 12.8. The van der Waals surface area contributed by atoms with Crippen LogP contribution in [0, 0.1) is 0 Å². The molecular formula is C26H24N2O5. The number of hydrogen-bond donors (Lipinski definition) is 1. The van der Waals surface area contributed by atoms with E-state index in [-0.39, 0.29) is 23.7 Å². The van der Waals surface area contributed by atoms with Crippen LogP contribution in [0.2, 0.25) is 0 Å². The molecule has 0 aliphatic carbocycles. The number of hydrogen-bond acceptors (Lipinski definition) is 7. The van der Waals surface area contributed by atoms with Crippen LogP contribution in [0.4, 0.5) is 11.4 Å². The van der Waals surface area contributed by atoms with Gasteiger partial charge in [-0.05, 0) is 37.6 Å². The lowest BCUT2D eigenvalue weighted by Crippen LogP contribution is -2.04. The van der Waals surface area contributed by atoms with Gasteiger partial charge in [0.2, 0.25) is 0 Å². The first kappa shape index (κ1) is 23.4. The summed E-state index contributed by atoms with van der Waals surface area (Å²) >= 11 is 0. The minimum absolute atomic E-state index is 0.105. The molecule has 33 heavy (non-hydrogen) atoms. The number of esters is 1. The topological polar surface area (TPSA) is 97.6 Å². The van der Waals surface area contributed by atoms with E-state index in [0.717, 1.165) is 5.56 Å². The summed E-state index contributed by atoms with van der Waals surface area (Å²) in [6.07, 6.45) is 0. The summed E-state index contributed by atoms with van der Waals surface area (Å²) in [7, 11) is 0. The van der Waals surface area contributed by atoms with Crippen LogP contribution >= 0.6 is 0 Å². The van der Waals surface area contributed by atoms with Crippen LogP contribution < -0.4 is 4.74 Å². The number of carbonyl (C=O) groups excluding carboxylic acids is 2. The summed E-state index contributed by atoms with van der Waals surface area (Å²) in [6.45, 7) is 7.42. The van der Waals surface area contributed by atoms with Crippen molar-refractivity contribution in [3.05, 3.63) is 95.6 Å². The Hall–Kier alpha value is -4.26. The Morgan fingerprint density at radius 2 is 1.70 bits per heavy atom. The van der Waals surface area contributed by atoms with E-state index < -0.39 is 5.97 Å². The Morgan fingerprint density at radius 3 is 2.33 bits per heavy atom. The number of ether oxygens (including phenoxy) is 2. The lowest BCUT2D eigenvalue weighted by Gasteiger charge is -2.10. The molecule has 7 heteroatoms. The number of phenols is 1. The molecule has 0 aliphatic rings. The minimum atomic E-state index is -0.449. The Balaban J connectivity index is 1.83. The molecule has 7 nitrogen and oxygen atoms in total. The van der Waals surface area contributed by atoms with Crippen molar-refractivity contribution in [2.45, 2.75) is 20.5 Å². The molecule has 168 valence electrons. The highest BCUT2D eigenvalue weighted by atomic mass is 16.5. The Morgan fingerprint density at radius 1 is 1.00 bits per heavy atom. The van der Waals surface area contributed by atoms with Crippen molar-refractivity contribution in [1.82, 2.24) is 0 Å². The van der Waals surface area contributed by atoms with Crippen molar-refractivity contribution in [3.8, 4) is 11.5 Å². The van der Waals surface area contributed by atoms with Crippen LogP contribution in [0.25, 0.3) is 0 Å². The number of aromatic hydroxyl groups is 1. The highest BCUT2D eigenvalue weighted by molar-refractivity contribution is 6.11. The molecule has 0 amide bonds. The SMILES string of the molecule is C=C(C)C(=O)OCc1ccc(N=Nc2cc(C(=O)c3ccccc3)c(O)cc2OCC)cc1. The first-order chi connectivity index (χ1) is 15.9. The summed E-state index contributed by atoms with van der Waals surface area (Å²) < 4.78 is 10.7. The number of carbonyl (C=O) groups is 2. The normalized spacial score (nSPS) is 10.7. The molecule has 1 N–H and O–H groups in total. The molecule has 0 spiro atoms. The van der Waals surface area contributed by atoms with Crippen LogP contribution in [0.15, 0.2) is 89.1 Å². The standard InChI is InChI=1S/C26H24N2O5/c1-4-32-24-15-23(29)21(25(30)19-8-6-5-7-9-19)14-22(24)28-27-20-12-10-18(11-13-20)16-33-26(31)17(2)3/h5-15,29H,2,4,16H2,1,3H3. The fourth-order valence-electron chi connectivity index (χ4n) is 2.88. The molecule has 0 bridgehead atoms. The van der Waals surface area contributed by atoms with E-state index in [1.165, 1.54) is 12.1 Å². The van der Waals surface area contributed by atoms with Crippen molar-refractivity contribution >= 4 is 23.1 Å². The molecule has 0 atom stereocenters. The average molecular weight is 444 g/mol. The van der Waals surface area contributed by atoms with Crippen LogP contribution in [0.3, 0.4) is 0 Å². The van der Waals surface area contributed by atoms with Gasteiger partial charge in [-0.15, -0.1) is 5.11 Å². The van der Waals surface area contributed by atoms with E-state index in [1.807, 2.05) is 6.07 Å². The molecule has 3 rings (SSSR count). The average Bonchev–Trinajstić information content (AvgIpc) is 2.83. The van der Waals surface area contributed by atoms with Crippen molar-refractivity contribution in [3.63, 3.8) is 0 Å². The van der Waals surface area contributed by atoms with E-state index in [2.05, 4.69) is 16.8 Å². The molecule has 0 unspecified atom stereocenters. The maximum Gasteiger partial charge on any atom is 0.333 e. The van der Waals surface area contributed by atoms with Crippen molar-refractivity contribution in [2.24, 2.45) is 10.2 Å². The van der Waals surface area contributed by atoms with Crippen molar-refractivity contribution in [1.29, 1.82) is 0 Å². The van der Waals surface area contributed by atoms with Gasteiger partial charge in [-0.25, -0.2) is 4.79 Å². The molecule has 0 saturated heterocycles. The van der Waals surface area contributed by atoms with E-state index >= 15 is 0 Å². The van der Waals surface area contributed by atoms with Crippen LogP contribution in [0.5, 0.6) is 11.5 Å². The van der Waals surface area contributed by atoms with E-state index in [1.54, 1.807) is 62.4 Å². The zero-order chi connectivity index (χ0) is 23.8. The monoisotopic (exact) mass is 444 g/mol. The second-order valence-corrected chi connectivity index (χ2v) is 7.19. The van der Waals surface area contributed by atoms with Gasteiger partial charge in [0.05, 0.1) is 17.9 Å². The minimum Gasteiger partial charge on any atom is -0.507 e. The molecule has 0 aromatic heterocycles. The van der Waals surface area contributed by atoms with Gasteiger partial charge in [-0.1, -0.05) is 49.0 Å². The van der Waals surface area contributed by atoms with Gasteiger partial charge in [0.15, 0.2) is 11.5 Å². The third kappa shape index (κ3) is 6.13. The number of benzene rings is 3. The van der Waals surface area contributed by atoms with E-state index in [9.17, 15) is 14.7 Å². The molecule has 3 aromatic rings. The van der Waals surface area contributed by atoms with E-state index in [4.69, 9.17) is 9.47 Å². The quantitative estimate of drug-likeness (QED) is 0.187. The molecule has 0 heterocycles. The van der Waals surface area contributed by atoms with Crippen molar-refractivity contribution < 1.29 is 24.2 Å². The Bertz CT molecular complexity index is 1190. The molecule has 0 saturated carbocycles. The summed E-state index contributed by atoms with van der Waals surface area (Å²) in [5.41, 5.74) is 2.55. The molecule has 0 aliphatic heterocycles. The smallest absolute Gasteiger partial charge is 0.333 e. The summed E-state index contributed by atoms with van der Waals surface area (Å²) in [5.74, 6) is -0.664. The fourth-order valence-corrected chi connectivity index (χ4v) is 2.88. The van der Waals surface area contributed by atoms with Gasteiger partial charge in [0, 0.05) is 17.2 Å². The number of ketones is 1. The molecular weight excluding hydrogens is 420 g/mol. The number of rotatable bonds is 9. The van der Waals surface area contributed by atoms with E-state index in [0.29, 0.717) is 34.9 Å². The molecule has 0 fully saturated rings. The Labute approximate surface area is 192 Å². The Kier molecular flexibility index (Phi) is 7.70. The highest BCUT2D eigenvalue weighted by Crippen LogP contribution is 2.36. The summed E-state index contributed by atoms with van der Waals surface area (Å²) in [6, 6.07) is 18.5. The third-order valence-corrected chi connectivity index (χ3v) is 4.59. The van der Waals surface area contributed by atoms with Gasteiger partial charge < -0.3 is 14.6 Å². The first-order valence-electron chi connectivity index (χ1n) is 10.3.